The Morgan fingerprint density at radius 1 is 1.56 bits per heavy atom. The van der Waals surface area contributed by atoms with Crippen LogP contribution in [0.1, 0.15) is 39.7 Å². The van der Waals surface area contributed by atoms with E-state index in [2.05, 4.69) is 4.98 Å². The van der Waals surface area contributed by atoms with E-state index in [1.165, 1.54) is 10.8 Å². The Morgan fingerprint density at radius 2 is 2.19 bits per heavy atom. The molecule has 0 saturated carbocycles. The second kappa shape index (κ2) is 4.55. The van der Waals surface area contributed by atoms with E-state index >= 15 is 0 Å². The number of rotatable bonds is 4. The molecule has 0 radical (unpaired) electrons. The summed E-state index contributed by atoms with van der Waals surface area (Å²) in [7, 11) is 0. The fourth-order valence-corrected chi connectivity index (χ4v) is 1.80. The third-order valence-electron chi connectivity index (χ3n) is 2.33. The van der Waals surface area contributed by atoms with Crippen molar-refractivity contribution in [3.63, 3.8) is 0 Å². The lowest BCUT2D eigenvalue weighted by atomic mass is 9.87. The zero-order chi connectivity index (χ0) is 12.3. The highest BCUT2D eigenvalue weighted by atomic mass is 16.4. The molecule has 90 valence electrons. The summed E-state index contributed by atoms with van der Waals surface area (Å²) in [5.74, 6) is -0.887. The highest BCUT2D eigenvalue weighted by Crippen LogP contribution is 2.28. The van der Waals surface area contributed by atoms with Crippen LogP contribution < -0.4 is 5.69 Å². The normalized spacial score (nSPS) is 13.7. The first-order valence-electron chi connectivity index (χ1n) is 5.27. The van der Waals surface area contributed by atoms with Crippen molar-refractivity contribution in [1.29, 1.82) is 0 Å². The standard InChI is InChI=1S/C11H18N2O3/c1-11(2,3)7-8(6-9(14)15)13-5-4-12-10(13)16/h4-5,8H,6-7H2,1-3H3,(H,12,16)(H,14,15). The topological polar surface area (TPSA) is 75.1 Å². The molecule has 1 atom stereocenters. The summed E-state index contributed by atoms with van der Waals surface area (Å²) in [4.78, 5) is 24.7. The van der Waals surface area contributed by atoms with E-state index < -0.39 is 5.97 Å². The average molecular weight is 226 g/mol. The molecule has 5 heteroatoms. The van der Waals surface area contributed by atoms with Crippen molar-refractivity contribution in [2.75, 3.05) is 0 Å². The molecule has 0 amide bonds. The number of carboxylic acids is 1. The van der Waals surface area contributed by atoms with E-state index in [-0.39, 0.29) is 23.6 Å². The van der Waals surface area contributed by atoms with Gasteiger partial charge in [0, 0.05) is 18.4 Å². The van der Waals surface area contributed by atoms with E-state index in [9.17, 15) is 9.59 Å². The predicted molar refractivity (Wildman–Crippen MR) is 60.4 cm³/mol. The highest BCUT2D eigenvalue weighted by molar-refractivity contribution is 5.67. The lowest BCUT2D eigenvalue weighted by molar-refractivity contribution is -0.138. The molecule has 1 heterocycles. The Morgan fingerprint density at radius 3 is 2.56 bits per heavy atom. The number of hydrogen-bond acceptors (Lipinski definition) is 2. The predicted octanol–water partition coefficient (Wildman–Crippen LogP) is 1.63. The lowest BCUT2D eigenvalue weighted by Crippen LogP contribution is -2.27. The SMILES string of the molecule is CC(C)(C)CC(CC(=O)O)n1cc[nH]c1=O. The minimum atomic E-state index is -0.887. The summed E-state index contributed by atoms with van der Waals surface area (Å²) in [5, 5.41) is 8.84. The van der Waals surface area contributed by atoms with Crippen molar-refractivity contribution in [2.24, 2.45) is 5.41 Å². The van der Waals surface area contributed by atoms with Gasteiger partial charge < -0.3 is 10.1 Å². The quantitative estimate of drug-likeness (QED) is 0.819. The molecule has 0 spiro atoms. The van der Waals surface area contributed by atoms with Crippen LogP contribution >= 0.6 is 0 Å². The highest BCUT2D eigenvalue weighted by Gasteiger charge is 2.23. The van der Waals surface area contributed by atoms with Gasteiger partial charge in [0.25, 0.3) is 0 Å². The molecule has 1 aromatic heterocycles. The minimum absolute atomic E-state index is 0.0170. The number of nitrogens with one attached hydrogen (secondary N) is 1. The molecule has 1 unspecified atom stereocenters. The van der Waals surface area contributed by atoms with Crippen LogP contribution in [0.5, 0.6) is 0 Å². The van der Waals surface area contributed by atoms with Crippen LogP contribution in [0.4, 0.5) is 0 Å². The van der Waals surface area contributed by atoms with E-state index in [1.54, 1.807) is 6.20 Å². The van der Waals surface area contributed by atoms with Gasteiger partial charge in [-0.15, -0.1) is 0 Å². The fraction of sp³-hybridized carbons (Fsp3) is 0.636. The second-order valence-electron chi connectivity index (χ2n) is 5.19. The largest absolute Gasteiger partial charge is 0.481 e. The second-order valence-corrected chi connectivity index (χ2v) is 5.19. The van der Waals surface area contributed by atoms with Crippen LogP contribution in [0.15, 0.2) is 17.2 Å². The summed E-state index contributed by atoms with van der Waals surface area (Å²) in [6, 6.07) is -0.295. The van der Waals surface area contributed by atoms with Crippen LogP contribution in [-0.2, 0) is 4.79 Å². The number of nitrogens with zero attached hydrogens (tertiary/aromatic N) is 1. The Labute approximate surface area is 94.1 Å². The fourth-order valence-electron chi connectivity index (χ4n) is 1.80. The Balaban J connectivity index is 2.92. The molecule has 0 saturated heterocycles. The summed E-state index contributed by atoms with van der Waals surface area (Å²) in [6.45, 7) is 6.08. The Hall–Kier alpha value is -1.52. The molecule has 0 aliphatic carbocycles. The van der Waals surface area contributed by atoms with E-state index in [4.69, 9.17) is 5.11 Å². The first kappa shape index (κ1) is 12.5. The van der Waals surface area contributed by atoms with Crippen molar-refractivity contribution in [1.82, 2.24) is 9.55 Å². The van der Waals surface area contributed by atoms with Crippen molar-refractivity contribution in [3.05, 3.63) is 22.9 Å². The average Bonchev–Trinajstić information content (AvgIpc) is 2.46. The van der Waals surface area contributed by atoms with Gasteiger partial charge in [-0.05, 0) is 11.8 Å². The van der Waals surface area contributed by atoms with Crippen molar-refractivity contribution in [2.45, 2.75) is 39.7 Å². The smallest absolute Gasteiger partial charge is 0.325 e. The van der Waals surface area contributed by atoms with Crippen LogP contribution in [0.25, 0.3) is 0 Å². The van der Waals surface area contributed by atoms with Gasteiger partial charge in [-0.1, -0.05) is 20.8 Å². The van der Waals surface area contributed by atoms with E-state index in [0.717, 1.165) is 0 Å². The van der Waals surface area contributed by atoms with Crippen LogP contribution in [-0.4, -0.2) is 20.6 Å². The van der Waals surface area contributed by atoms with Crippen molar-refractivity contribution in [3.8, 4) is 0 Å². The molecule has 0 aliphatic rings. The van der Waals surface area contributed by atoms with Crippen LogP contribution in [0.2, 0.25) is 0 Å². The van der Waals surface area contributed by atoms with Gasteiger partial charge in [-0.2, -0.15) is 0 Å². The molecule has 1 aromatic rings. The third-order valence-corrected chi connectivity index (χ3v) is 2.33. The van der Waals surface area contributed by atoms with Crippen LogP contribution in [0, 0.1) is 5.41 Å². The number of aromatic amines is 1. The molecule has 0 aromatic carbocycles. The summed E-state index contributed by atoms with van der Waals surface area (Å²) < 4.78 is 1.46. The first-order chi connectivity index (χ1) is 7.29. The Bertz CT molecular complexity index is 411. The number of hydrogen-bond donors (Lipinski definition) is 2. The number of H-pyrrole nitrogens is 1. The maximum absolute atomic E-state index is 11.4. The zero-order valence-electron chi connectivity index (χ0n) is 9.86. The van der Waals surface area contributed by atoms with Crippen molar-refractivity contribution < 1.29 is 9.90 Å². The minimum Gasteiger partial charge on any atom is -0.481 e. The molecule has 5 nitrogen and oxygen atoms in total. The van der Waals surface area contributed by atoms with Gasteiger partial charge in [-0.3, -0.25) is 9.36 Å². The van der Waals surface area contributed by atoms with Gasteiger partial charge >= 0.3 is 11.7 Å². The number of carboxylic acid groups (broad SMARTS) is 1. The van der Waals surface area contributed by atoms with Crippen molar-refractivity contribution >= 4 is 5.97 Å². The summed E-state index contributed by atoms with van der Waals surface area (Å²) >= 11 is 0. The maximum atomic E-state index is 11.4. The monoisotopic (exact) mass is 226 g/mol. The van der Waals surface area contributed by atoms with Gasteiger partial charge in [0.1, 0.15) is 0 Å². The molecule has 0 aliphatic heterocycles. The maximum Gasteiger partial charge on any atom is 0.325 e. The zero-order valence-corrected chi connectivity index (χ0v) is 9.86. The van der Waals surface area contributed by atoms with Gasteiger partial charge in [0.15, 0.2) is 0 Å². The van der Waals surface area contributed by atoms with Gasteiger partial charge in [-0.25, -0.2) is 4.79 Å². The number of imidazole rings is 1. The van der Waals surface area contributed by atoms with Crippen LogP contribution in [0.3, 0.4) is 0 Å². The number of carbonyl (C=O) groups is 1. The molecule has 16 heavy (non-hydrogen) atoms. The number of aromatic nitrogens is 2. The molecule has 1 rings (SSSR count). The molecule has 2 N–H and O–H groups in total. The first-order valence-corrected chi connectivity index (χ1v) is 5.27. The molecule has 0 fully saturated rings. The summed E-state index contributed by atoms with van der Waals surface area (Å²) in [6.07, 6.45) is 3.74. The van der Waals surface area contributed by atoms with Gasteiger partial charge in [0.2, 0.25) is 0 Å². The summed E-state index contributed by atoms with van der Waals surface area (Å²) in [5.41, 5.74) is -0.271. The van der Waals surface area contributed by atoms with E-state index in [1.807, 2.05) is 20.8 Å². The number of aliphatic carboxylic acids is 1. The van der Waals surface area contributed by atoms with Gasteiger partial charge in [0.05, 0.1) is 6.42 Å². The Kier molecular flexibility index (Phi) is 3.57. The molecular formula is C11H18N2O3. The molecular weight excluding hydrogens is 208 g/mol. The van der Waals surface area contributed by atoms with E-state index in [0.29, 0.717) is 6.42 Å². The molecule has 0 bridgehead atoms. The lowest BCUT2D eigenvalue weighted by Gasteiger charge is -2.25. The third kappa shape index (κ3) is 3.56.